The maximum absolute atomic E-state index is 9.50. The summed E-state index contributed by atoms with van der Waals surface area (Å²) in [6, 6.07) is 5.89. The van der Waals surface area contributed by atoms with Crippen molar-refractivity contribution in [3.63, 3.8) is 0 Å². The third-order valence-corrected chi connectivity index (χ3v) is 3.77. The number of nitrogens with one attached hydrogen (secondary N) is 1. The first-order valence-corrected chi connectivity index (χ1v) is 6.94. The van der Waals surface area contributed by atoms with E-state index in [1.54, 1.807) is 0 Å². The lowest BCUT2D eigenvalue weighted by Gasteiger charge is -2.02. The Morgan fingerprint density at radius 2 is 2.32 bits per heavy atom. The minimum Gasteiger partial charge on any atom is -0.392 e. The van der Waals surface area contributed by atoms with Gasteiger partial charge in [-0.25, -0.2) is 0 Å². The maximum atomic E-state index is 9.50. The molecule has 0 aliphatic carbocycles. The van der Waals surface area contributed by atoms with Gasteiger partial charge in [0.2, 0.25) is 11.7 Å². The van der Waals surface area contributed by atoms with Gasteiger partial charge in [-0.3, -0.25) is 0 Å². The minimum atomic E-state index is -0.338. The van der Waals surface area contributed by atoms with E-state index in [-0.39, 0.29) is 12.1 Å². The Kier molecular flexibility index (Phi) is 3.38. The van der Waals surface area contributed by atoms with E-state index in [1.807, 2.05) is 25.1 Å². The van der Waals surface area contributed by atoms with Crippen molar-refractivity contribution in [3.05, 3.63) is 34.1 Å². The summed E-state index contributed by atoms with van der Waals surface area (Å²) in [6.07, 6.45) is 0.274. The second-order valence-electron chi connectivity index (χ2n) is 4.77. The van der Waals surface area contributed by atoms with Gasteiger partial charge in [0, 0.05) is 16.6 Å². The zero-order chi connectivity index (χ0) is 13.4. The van der Waals surface area contributed by atoms with Crippen LogP contribution in [-0.2, 0) is 0 Å². The lowest BCUT2D eigenvalue weighted by Crippen LogP contribution is -2.15. The van der Waals surface area contributed by atoms with Crippen molar-refractivity contribution < 1.29 is 9.63 Å². The summed E-state index contributed by atoms with van der Waals surface area (Å²) >= 11 is 3.43. The van der Waals surface area contributed by atoms with E-state index in [0.717, 1.165) is 15.6 Å². The fourth-order valence-corrected chi connectivity index (χ4v) is 2.74. The number of aliphatic hydroxyl groups excluding tert-OH is 1. The average molecular weight is 324 g/mol. The highest BCUT2D eigenvalue weighted by Gasteiger charge is 2.28. The molecule has 0 saturated carbocycles. The highest BCUT2D eigenvalue weighted by molar-refractivity contribution is 9.10. The summed E-state index contributed by atoms with van der Waals surface area (Å²) < 4.78 is 6.32. The molecule has 100 valence electrons. The predicted octanol–water partition coefficient (Wildman–Crippen LogP) is 2.20. The lowest BCUT2D eigenvalue weighted by molar-refractivity contribution is 0.191. The summed E-state index contributed by atoms with van der Waals surface area (Å²) in [6.45, 7) is 2.58. The highest BCUT2D eigenvalue weighted by Crippen LogP contribution is 2.27. The van der Waals surface area contributed by atoms with E-state index in [2.05, 4.69) is 31.4 Å². The molecule has 5 nitrogen and oxygen atoms in total. The number of aromatic nitrogens is 2. The number of nitrogens with zero attached hydrogens (tertiary/aromatic N) is 2. The SMILES string of the molecule is Cc1cc(Br)ccc1-c1noc([C@@H]2C[C@H](O)CN2)n1. The van der Waals surface area contributed by atoms with Crippen LogP contribution >= 0.6 is 15.9 Å². The number of β-amino-alcohol motifs (C(OH)–C–C–N with tert-alkyl or cyclic N) is 1. The molecule has 1 saturated heterocycles. The van der Waals surface area contributed by atoms with Crippen LogP contribution in [0.3, 0.4) is 0 Å². The van der Waals surface area contributed by atoms with Crippen molar-refractivity contribution in [1.82, 2.24) is 15.5 Å². The summed E-state index contributed by atoms with van der Waals surface area (Å²) in [5.74, 6) is 1.12. The number of hydrogen-bond acceptors (Lipinski definition) is 5. The molecule has 2 heterocycles. The van der Waals surface area contributed by atoms with Gasteiger partial charge >= 0.3 is 0 Å². The van der Waals surface area contributed by atoms with Gasteiger partial charge in [0.25, 0.3) is 0 Å². The molecule has 2 atom stereocenters. The molecule has 6 heteroatoms. The molecule has 0 spiro atoms. The van der Waals surface area contributed by atoms with Gasteiger partial charge in [-0.2, -0.15) is 4.98 Å². The zero-order valence-corrected chi connectivity index (χ0v) is 12.0. The highest BCUT2D eigenvalue weighted by atomic mass is 79.9. The van der Waals surface area contributed by atoms with E-state index in [0.29, 0.717) is 24.7 Å². The standard InChI is InChI=1S/C13H14BrN3O2/c1-7-4-8(14)2-3-10(7)12-16-13(19-17-12)11-5-9(18)6-15-11/h2-4,9,11,15,18H,5-6H2,1H3/t9-,11-/m0/s1. The van der Waals surface area contributed by atoms with Gasteiger partial charge in [-0.1, -0.05) is 21.1 Å². The number of benzene rings is 1. The van der Waals surface area contributed by atoms with Crippen molar-refractivity contribution >= 4 is 15.9 Å². The van der Waals surface area contributed by atoms with E-state index in [9.17, 15) is 5.11 Å². The molecule has 1 fully saturated rings. The largest absolute Gasteiger partial charge is 0.392 e. The summed E-state index contributed by atoms with van der Waals surface area (Å²) in [5, 5.41) is 16.7. The van der Waals surface area contributed by atoms with Crippen molar-refractivity contribution in [2.24, 2.45) is 0 Å². The lowest BCUT2D eigenvalue weighted by atomic mass is 10.1. The fourth-order valence-electron chi connectivity index (χ4n) is 2.27. The Labute approximate surface area is 119 Å². The van der Waals surface area contributed by atoms with Gasteiger partial charge in [0.05, 0.1) is 12.1 Å². The first-order valence-electron chi connectivity index (χ1n) is 6.15. The Morgan fingerprint density at radius 3 is 3.00 bits per heavy atom. The molecular formula is C13H14BrN3O2. The summed E-state index contributed by atoms with van der Waals surface area (Å²) in [5.41, 5.74) is 2.04. The number of halogens is 1. The smallest absolute Gasteiger partial charge is 0.244 e. The van der Waals surface area contributed by atoms with Crippen molar-refractivity contribution in [2.75, 3.05) is 6.54 Å². The van der Waals surface area contributed by atoms with E-state index in [1.165, 1.54) is 0 Å². The third kappa shape index (κ3) is 2.56. The second-order valence-corrected chi connectivity index (χ2v) is 5.68. The second kappa shape index (κ2) is 5.03. The zero-order valence-electron chi connectivity index (χ0n) is 10.4. The molecule has 2 aromatic rings. The molecule has 1 aliphatic heterocycles. The molecule has 0 amide bonds. The predicted molar refractivity (Wildman–Crippen MR) is 73.5 cm³/mol. The number of hydrogen-bond donors (Lipinski definition) is 2. The minimum absolute atomic E-state index is 0.0491. The summed E-state index contributed by atoms with van der Waals surface area (Å²) in [7, 11) is 0. The fraction of sp³-hybridized carbons (Fsp3) is 0.385. The van der Waals surface area contributed by atoms with Crippen LogP contribution in [0.25, 0.3) is 11.4 Å². The quantitative estimate of drug-likeness (QED) is 0.886. The van der Waals surface area contributed by atoms with E-state index >= 15 is 0 Å². The molecular weight excluding hydrogens is 310 g/mol. The van der Waals surface area contributed by atoms with Crippen LogP contribution in [0.5, 0.6) is 0 Å². The number of aryl methyl sites for hydroxylation is 1. The molecule has 1 aromatic heterocycles. The molecule has 19 heavy (non-hydrogen) atoms. The topological polar surface area (TPSA) is 71.2 Å². The van der Waals surface area contributed by atoms with E-state index < -0.39 is 0 Å². The van der Waals surface area contributed by atoms with Crippen molar-refractivity contribution in [3.8, 4) is 11.4 Å². The van der Waals surface area contributed by atoms with Crippen LogP contribution in [0, 0.1) is 6.92 Å². The molecule has 1 aliphatic rings. The van der Waals surface area contributed by atoms with Crippen LogP contribution in [0.1, 0.15) is 23.9 Å². The number of aliphatic hydroxyl groups is 1. The molecule has 0 bridgehead atoms. The van der Waals surface area contributed by atoms with Crippen molar-refractivity contribution in [1.29, 1.82) is 0 Å². The summed E-state index contributed by atoms with van der Waals surface area (Å²) in [4.78, 5) is 4.42. The van der Waals surface area contributed by atoms with Crippen molar-refractivity contribution in [2.45, 2.75) is 25.5 Å². The van der Waals surface area contributed by atoms with Crippen LogP contribution in [0.2, 0.25) is 0 Å². The van der Waals surface area contributed by atoms with Crippen LogP contribution in [0.4, 0.5) is 0 Å². The third-order valence-electron chi connectivity index (χ3n) is 3.28. The molecule has 1 aromatic carbocycles. The molecule has 2 N–H and O–H groups in total. The van der Waals surface area contributed by atoms with Gasteiger partial charge in [0.15, 0.2) is 0 Å². The van der Waals surface area contributed by atoms with E-state index in [4.69, 9.17) is 4.52 Å². The maximum Gasteiger partial charge on any atom is 0.244 e. The number of rotatable bonds is 2. The van der Waals surface area contributed by atoms with Crippen LogP contribution in [-0.4, -0.2) is 27.9 Å². The van der Waals surface area contributed by atoms with Crippen LogP contribution < -0.4 is 5.32 Å². The monoisotopic (exact) mass is 323 g/mol. The first kappa shape index (κ1) is 12.8. The Hall–Kier alpha value is -1.24. The normalized spacial score (nSPS) is 22.9. The Morgan fingerprint density at radius 1 is 1.47 bits per heavy atom. The first-order chi connectivity index (χ1) is 9.13. The Balaban J connectivity index is 1.88. The molecule has 0 unspecified atom stereocenters. The van der Waals surface area contributed by atoms with Gasteiger partial charge in [-0.15, -0.1) is 0 Å². The molecule has 3 rings (SSSR count). The molecule has 0 radical (unpaired) electrons. The van der Waals surface area contributed by atoms with Gasteiger partial charge < -0.3 is 14.9 Å². The average Bonchev–Trinajstić information content (AvgIpc) is 2.97. The van der Waals surface area contributed by atoms with Gasteiger partial charge in [-0.05, 0) is 37.1 Å². The Bertz CT molecular complexity index is 599. The van der Waals surface area contributed by atoms with Gasteiger partial charge in [0.1, 0.15) is 0 Å². The van der Waals surface area contributed by atoms with Crippen LogP contribution in [0.15, 0.2) is 27.2 Å².